The average molecular weight is 281 g/mol. The van der Waals surface area contributed by atoms with E-state index >= 15 is 0 Å². The van der Waals surface area contributed by atoms with Gasteiger partial charge in [0.05, 0.1) is 6.10 Å². The highest BCUT2D eigenvalue weighted by Crippen LogP contribution is 2.29. The maximum Gasteiger partial charge on any atom is 0.127 e. The molecule has 0 bridgehead atoms. The Bertz CT molecular complexity index is 430. The van der Waals surface area contributed by atoms with Gasteiger partial charge >= 0.3 is 0 Å². The molecule has 0 radical (unpaired) electrons. The van der Waals surface area contributed by atoms with E-state index < -0.39 is 6.10 Å². The van der Waals surface area contributed by atoms with Crippen LogP contribution in [0.2, 0.25) is 0 Å². The van der Waals surface area contributed by atoms with Crippen LogP contribution in [0.25, 0.3) is 0 Å². The Morgan fingerprint density at radius 2 is 2.10 bits per heavy atom. The molecule has 3 nitrogen and oxygen atoms in total. The zero-order valence-corrected chi connectivity index (χ0v) is 12.0. The minimum Gasteiger partial charge on any atom is -0.490 e. The van der Waals surface area contributed by atoms with Crippen LogP contribution in [0.4, 0.5) is 4.39 Å². The molecule has 2 unspecified atom stereocenters. The van der Waals surface area contributed by atoms with Crippen LogP contribution in [0.1, 0.15) is 50.6 Å². The predicted molar refractivity (Wildman–Crippen MR) is 77.1 cm³/mol. The first-order valence-electron chi connectivity index (χ1n) is 7.42. The highest BCUT2D eigenvalue weighted by atomic mass is 19.1. The minimum absolute atomic E-state index is 0.194. The molecule has 0 spiro atoms. The first kappa shape index (κ1) is 15.3. The van der Waals surface area contributed by atoms with Gasteiger partial charge in [-0.2, -0.15) is 0 Å². The molecule has 1 aliphatic rings. The molecule has 1 fully saturated rings. The maximum absolute atomic E-state index is 13.3. The molecular weight excluding hydrogens is 257 g/mol. The van der Waals surface area contributed by atoms with Crippen molar-refractivity contribution in [3.8, 4) is 5.75 Å². The molecule has 0 saturated heterocycles. The van der Waals surface area contributed by atoms with Crippen molar-refractivity contribution in [3.05, 3.63) is 29.6 Å². The van der Waals surface area contributed by atoms with Crippen LogP contribution in [0.5, 0.6) is 5.75 Å². The van der Waals surface area contributed by atoms with E-state index in [9.17, 15) is 9.50 Å². The molecule has 1 aromatic rings. The maximum atomic E-state index is 13.3. The van der Waals surface area contributed by atoms with Crippen molar-refractivity contribution in [1.29, 1.82) is 0 Å². The molecular formula is C16H24FNO2. The second-order valence-electron chi connectivity index (χ2n) is 5.82. The molecule has 20 heavy (non-hydrogen) atoms. The third kappa shape index (κ3) is 4.18. The molecule has 3 N–H and O–H groups in total. The zero-order chi connectivity index (χ0) is 14.5. The number of aliphatic hydroxyl groups is 1. The summed E-state index contributed by atoms with van der Waals surface area (Å²) in [5, 5.41) is 10.0. The number of hydrogen-bond donors (Lipinski definition) is 2. The molecule has 112 valence electrons. The summed E-state index contributed by atoms with van der Waals surface area (Å²) in [4.78, 5) is 0. The lowest BCUT2D eigenvalue weighted by Gasteiger charge is -2.18. The van der Waals surface area contributed by atoms with Crippen molar-refractivity contribution in [2.75, 3.05) is 6.61 Å². The first-order chi connectivity index (χ1) is 9.56. The lowest BCUT2D eigenvalue weighted by molar-refractivity contribution is 0.0848. The van der Waals surface area contributed by atoms with E-state index in [4.69, 9.17) is 10.5 Å². The third-order valence-corrected chi connectivity index (χ3v) is 3.98. The molecule has 4 heteroatoms. The topological polar surface area (TPSA) is 55.5 Å². The van der Waals surface area contributed by atoms with E-state index in [0.717, 1.165) is 12.0 Å². The Balaban J connectivity index is 1.90. The molecule has 2 atom stereocenters. The monoisotopic (exact) mass is 281 g/mol. The molecule has 2 rings (SSSR count). The number of halogens is 1. The fraction of sp³-hybridized carbons (Fsp3) is 0.625. The molecule has 0 heterocycles. The van der Waals surface area contributed by atoms with Gasteiger partial charge in [-0.25, -0.2) is 4.39 Å². The number of hydrogen-bond acceptors (Lipinski definition) is 3. The summed E-state index contributed by atoms with van der Waals surface area (Å²) in [6, 6.07) is 4.12. The number of aliphatic hydroxyl groups excluding tert-OH is 1. The lowest BCUT2D eigenvalue weighted by atomic mass is 10.0. The summed E-state index contributed by atoms with van der Waals surface area (Å²) < 4.78 is 18.9. The SMILES string of the molecule is CC(N)c1ccc(F)cc1OCC(O)CC1CCCC1. The number of ether oxygens (including phenoxy) is 1. The fourth-order valence-corrected chi connectivity index (χ4v) is 2.89. The van der Waals surface area contributed by atoms with Crippen LogP contribution < -0.4 is 10.5 Å². The van der Waals surface area contributed by atoms with Crippen LogP contribution in [-0.4, -0.2) is 17.8 Å². The number of benzene rings is 1. The fourth-order valence-electron chi connectivity index (χ4n) is 2.89. The Kier molecular flexibility index (Phi) is 5.38. The van der Waals surface area contributed by atoms with Crippen molar-refractivity contribution >= 4 is 0 Å². The smallest absolute Gasteiger partial charge is 0.127 e. The van der Waals surface area contributed by atoms with E-state index in [1.165, 1.54) is 37.8 Å². The van der Waals surface area contributed by atoms with Crippen LogP contribution in [0.15, 0.2) is 18.2 Å². The van der Waals surface area contributed by atoms with E-state index in [1.807, 2.05) is 6.92 Å². The molecule has 0 amide bonds. The number of rotatable bonds is 6. The summed E-state index contributed by atoms with van der Waals surface area (Å²) >= 11 is 0. The van der Waals surface area contributed by atoms with Crippen molar-refractivity contribution in [2.24, 2.45) is 11.7 Å². The van der Waals surface area contributed by atoms with Gasteiger partial charge in [0.1, 0.15) is 18.2 Å². The van der Waals surface area contributed by atoms with Gasteiger partial charge in [-0.15, -0.1) is 0 Å². The second kappa shape index (κ2) is 7.04. The van der Waals surface area contributed by atoms with Gasteiger partial charge in [0, 0.05) is 17.7 Å². The van der Waals surface area contributed by atoms with Gasteiger partial charge in [0.2, 0.25) is 0 Å². The van der Waals surface area contributed by atoms with Gasteiger partial charge in [-0.1, -0.05) is 31.7 Å². The quantitative estimate of drug-likeness (QED) is 0.842. The van der Waals surface area contributed by atoms with Gasteiger partial charge in [0.15, 0.2) is 0 Å². The Morgan fingerprint density at radius 3 is 2.75 bits per heavy atom. The highest BCUT2D eigenvalue weighted by molar-refractivity contribution is 5.36. The predicted octanol–water partition coefficient (Wildman–Crippen LogP) is 3.17. The van der Waals surface area contributed by atoms with E-state index in [1.54, 1.807) is 6.07 Å². The van der Waals surface area contributed by atoms with Crippen LogP contribution >= 0.6 is 0 Å². The number of nitrogens with two attached hydrogens (primary N) is 1. The highest BCUT2D eigenvalue weighted by Gasteiger charge is 2.19. The van der Waals surface area contributed by atoms with Gasteiger partial charge in [-0.05, 0) is 25.3 Å². The summed E-state index contributed by atoms with van der Waals surface area (Å²) in [6.45, 7) is 2.02. The van der Waals surface area contributed by atoms with Crippen molar-refractivity contribution in [1.82, 2.24) is 0 Å². The molecule has 1 aliphatic carbocycles. The first-order valence-corrected chi connectivity index (χ1v) is 7.42. The van der Waals surface area contributed by atoms with E-state index in [-0.39, 0.29) is 18.5 Å². The van der Waals surface area contributed by atoms with Crippen molar-refractivity contribution in [2.45, 2.75) is 51.2 Å². The average Bonchev–Trinajstić information content (AvgIpc) is 2.89. The zero-order valence-electron chi connectivity index (χ0n) is 12.0. The molecule has 0 aromatic heterocycles. The summed E-state index contributed by atoms with van der Waals surface area (Å²) in [6.07, 6.45) is 5.18. The van der Waals surface area contributed by atoms with Crippen LogP contribution in [0, 0.1) is 11.7 Å². The minimum atomic E-state index is -0.498. The lowest BCUT2D eigenvalue weighted by Crippen LogP contribution is -2.21. The standard InChI is InChI=1S/C16H24FNO2/c1-11(18)15-7-6-13(17)9-16(15)20-10-14(19)8-12-4-2-3-5-12/h6-7,9,11-12,14,19H,2-5,8,10,18H2,1H3. The third-order valence-electron chi connectivity index (χ3n) is 3.98. The molecule has 1 aromatic carbocycles. The normalized spacial score (nSPS) is 19.0. The molecule has 1 saturated carbocycles. The van der Waals surface area contributed by atoms with Gasteiger partial charge in [-0.3, -0.25) is 0 Å². The summed E-state index contributed by atoms with van der Waals surface area (Å²) in [5.74, 6) is 0.689. The molecule has 0 aliphatic heterocycles. The van der Waals surface area contributed by atoms with Gasteiger partial charge in [0.25, 0.3) is 0 Å². The second-order valence-corrected chi connectivity index (χ2v) is 5.82. The largest absolute Gasteiger partial charge is 0.490 e. The van der Waals surface area contributed by atoms with E-state index in [0.29, 0.717) is 11.7 Å². The summed E-state index contributed by atoms with van der Waals surface area (Å²) in [7, 11) is 0. The van der Waals surface area contributed by atoms with Crippen LogP contribution in [0.3, 0.4) is 0 Å². The Hall–Kier alpha value is -1.13. The van der Waals surface area contributed by atoms with Crippen LogP contribution in [-0.2, 0) is 0 Å². The summed E-state index contributed by atoms with van der Waals surface area (Å²) in [5.41, 5.74) is 6.60. The Morgan fingerprint density at radius 1 is 1.40 bits per heavy atom. The van der Waals surface area contributed by atoms with Crippen molar-refractivity contribution < 1.29 is 14.2 Å². The van der Waals surface area contributed by atoms with E-state index in [2.05, 4.69) is 0 Å². The van der Waals surface area contributed by atoms with Gasteiger partial charge < -0.3 is 15.6 Å². The van der Waals surface area contributed by atoms with Crippen molar-refractivity contribution in [3.63, 3.8) is 0 Å². The Labute approximate surface area is 119 Å².